The summed E-state index contributed by atoms with van der Waals surface area (Å²) in [6, 6.07) is 0. The normalized spacial score (nSPS) is 47.7. The summed E-state index contributed by atoms with van der Waals surface area (Å²) in [5.74, 6) is -0.962. The van der Waals surface area contributed by atoms with Gasteiger partial charge in [-0.05, 0) is 25.0 Å². The summed E-state index contributed by atoms with van der Waals surface area (Å²) in [6.45, 7) is 0. The Morgan fingerprint density at radius 2 is 2.15 bits per heavy atom. The van der Waals surface area contributed by atoms with Crippen LogP contribution in [0.15, 0.2) is 0 Å². The van der Waals surface area contributed by atoms with Crippen LogP contribution in [0.1, 0.15) is 19.3 Å². The van der Waals surface area contributed by atoms with E-state index < -0.39 is 19.9 Å². The van der Waals surface area contributed by atoms with Crippen molar-refractivity contribution >= 4 is 20.5 Å². The van der Waals surface area contributed by atoms with Crippen molar-refractivity contribution in [2.24, 2.45) is 0 Å². The van der Waals surface area contributed by atoms with E-state index in [0.717, 1.165) is 18.6 Å². The Morgan fingerprint density at radius 3 is 2.62 bits per heavy atom. The number of aliphatic hydroxyl groups is 1. The molecular weight excluding hydrogens is 215 g/mol. The summed E-state index contributed by atoms with van der Waals surface area (Å²) in [5, 5.41) is 9.42. The molecule has 0 aromatic carbocycles. The molecule has 3 saturated heterocycles. The molecule has 3 rings (SSSR count). The smallest absolute Gasteiger partial charge is 0.341 e. The highest BCUT2D eigenvalue weighted by molar-refractivity contribution is 7.80. The van der Waals surface area contributed by atoms with Crippen molar-refractivity contribution in [1.29, 1.82) is 0 Å². The third-order valence-corrected chi connectivity index (χ3v) is 3.82. The third kappa shape index (κ3) is 1.67. The van der Waals surface area contributed by atoms with E-state index in [1.165, 1.54) is 0 Å². The van der Waals surface area contributed by atoms with Crippen molar-refractivity contribution in [3.8, 4) is 0 Å². The lowest BCUT2D eigenvalue weighted by molar-refractivity contribution is -0.324. The third-order valence-electron chi connectivity index (χ3n) is 2.02. The fraction of sp³-hybridized carbons (Fsp3) is 1.00. The van der Waals surface area contributed by atoms with Gasteiger partial charge < -0.3 is 5.11 Å². The van der Waals surface area contributed by atoms with Gasteiger partial charge in [-0.15, -0.1) is 0 Å². The first-order valence-electron chi connectivity index (χ1n) is 4.11. The first kappa shape index (κ1) is 9.96. The van der Waals surface area contributed by atoms with Crippen LogP contribution in [0.5, 0.6) is 0 Å². The van der Waals surface area contributed by atoms with Crippen LogP contribution in [0.4, 0.5) is 0 Å². The van der Waals surface area contributed by atoms with Crippen LogP contribution in [0.2, 0.25) is 0 Å². The number of phosphoric acid groups is 1. The van der Waals surface area contributed by atoms with Gasteiger partial charge in [-0.3, -0.25) is 4.52 Å². The zero-order chi connectivity index (χ0) is 9.53. The molecule has 0 aromatic rings. The van der Waals surface area contributed by atoms with E-state index in [1.807, 2.05) is 0 Å². The molecule has 3 heterocycles. The molecule has 0 amide bonds. The van der Waals surface area contributed by atoms with E-state index >= 15 is 0 Å². The minimum Gasteiger partial charge on any atom is -0.341 e. The molecule has 1 atom stereocenters. The average molecular weight is 226 g/mol. The second-order valence-corrected chi connectivity index (χ2v) is 4.99. The van der Waals surface area contributed by atoms with Gasteiger partial charge in [0.1, 0.15) is 0 Å². The number of fused-ring (bicyclic) bond motifs is 1. The first-order chi connectivity index (χ1) is 6.08. The van der Waals surface area contributed by atoms with E-state index in [0.29, 0.717) is 6.42 Å². The number of hydrogen-bond donors (Lipinski definition) is 2. The van der Waals surface area contributed by atoms with Crippen molar-refractivity contribution in [3.63, 3.8) is 0 Å². The molecule has 13 heavy (non-hydrogen) atoms. The van der Waals surface area contributed by atoms with Crippen molar-refractivity contribution < 1.29 is 23.2 Å². The highest BCUT2D eigenvalue weighted by atomic mass is 32.1. The summed E-state index contributed by atoms with van der Waals surface area (Å²) in [5.41, 5.74) is 0. The second-order valence-electron chi connectivity index (χ2n) is 3.07. The van der Waals surface area contributed by atoms with Gasteiger partial charge in [0.2, 0.25) is 0 Å². The number of unbranched alkanes of at least 4 members (excludes halogenated alkanes) is 1. The molecule has 3 fully saturated rings. The molecule has 0 aliphatic carbocycles. The Kier molecular flexibility index (Phi) is 2.47. The largest absolute Gasteiger partial charge is 0.484 e. The molecule has 3 aliphatic heterocycles. The predicted octanol–water partition coefficient (Wildman–Crippen LogP) is 1.29. The summed E-state index contributed by atoms with van der Waals surface area (Å²) in [6.07, 6.45) is 1.71. The van der Waals surface area contributed by atoms with Crippen molar-refractivity contribution in [3.05, 3.63) is 0 Å². The van der Waals surface area contributed by atoms with Gasteiger partial charge in [-0.2, -0.15) is 12.6 Å². The van der Waals surface area contributed by atoms with Crippen LogP contribution in [0.25, 0.3) is 0 Å². The quantitative estimate of drug-likeness (QED) is 0.429. The molecule has 2 bridgehead atoms. The summed E-state index contributed by atoms with van der Waals surface area (Å²) in [4.78, 5) is 0. The topological polar surface area (TPSA) is 65.0 Å². The van der Waals surface area contributed by atoms with E-state index in [4.69, 9.17) is 4.52 Å². The van der Waals surface area contributed by atoms with Crippen LogP contribution < -0.4 is 0 Å². The first-order valence-corrected chi connectivity index (χ1v) is 6.20. The standard InChI is InChI=1S/C6H11O5PS/c7-6-5(3-1-2-4-13)9-12(8,10-6)11-6/h5,7,13H,1-4H2. The van der Waals surface area contributed by atoms with Gasteiger partial charge >= 0.3 is 13.8 Å². The Labute approximate surface area is 81.4 Å². The van der Waals surface area contributed by atoms with Crippen molar-refractivity contribution in [2.45, 2.75) is 31.3 Å². The van der Waals surface area contributed by atoms with E-state index in [2.05, 4.69) is 21.7 Å². The summed E-state index contributed by atoms with van der Waals surface area (Å²) < 4.78 is 25.2. The number of rotatable bonds is 4. The number of thiol groups is 1. The van der Waals surface area contributed by atoms with Crippen molar-refractivity contribution in [1.82, 2.24) is 0 Å². The van der Waals surface area contributed by atoms with Crippen LogP contribution in [-0.4, -0.2) is 22.9 Å². The maximum atomic E-state index is 11.1. The molecule has 1 N–H and O–H groups in total. The lowest BCUT2D eigenvalue weighted by atomic mass is 10.1. The minimum absolute atomic E-state index is 0.570. The molecule has 5 nitrogen and oxygen atoms in total. The summed E-state index contributed by atoms with van der Waals surface area (Å²) >= 11 is 4.05. The molecule has 1 unspecified atom stereocenters. The predicted molar refractivity (Wildman–Crippen MR) is 47.3 cm³/mol. The number of phosphoric ester groups is 1. The maximum Gasteiger partial charge on any atom is 0.484 e. The Balaban J connectivity index is 1.85. The molecule has 76 valence electrons. The fourth-order valence-electron chi connectivity index (χ4n) is 1.39. The van der Waals surface area contributed by atoms with Crippen LogP contribution in [-0.2, 0) is 18.1 Å². The lowest BCUT2D eigenvalue weighted by Crippen LogP contribution is -2.43. The zero-order valence-electron chi connectivity index (χ0n) is 6.88. The van der Waals surface area contributed by atoms with Crippen molar-refractivity contribution in [2.75, 3.05) is 5.75 Å². The van der Waals surface area contributed by atoms with E-state index in [9.17, 15) is 9.67 Å². The molecular formula is C6H11O5PS. The van der Waals surface area contributed by atoms with Crippen LogP contribution in [0, 0.1) is 0 Å². The molecule has 0 spiro atoms. The summed E-state index contributed by atoms with van der Waals surface area (Å²) in [7, 11) is -3.34. The Bertz CT molecular complexity index is 247. The molecule has 0 aromatic heterocycles. The molecule has 0 radical (unpaired) electrons. The van der Waals surface area contributed by atoms with Gasteiger partial charge in [0.25, 0.3) is 0 Å². The van der Waals surface area contributed by atoms with Crippen LogP contribution in [0.3, 0.4) is 0 Å². The average Bonchev–Trinajstić information content (AvgIpc) is 2.36. The van der Waals surface area contributed by atoms with Gasteiger partial charge in [0.05, 0.1) is 0 Å². The molecule has 0 saturated carbocycles. The van der Waals surface area contributed by atoms with Gasteiger partial charge in [-0.25, -0.2) is 13.6 Å². The monoisotopic (exact) mass is 226 g/mol. The fourth-order valence-corrected chi connectivity index (χ4v) is 3.14. The lowest BCUT2D eigenvalue weighted by Gasteiger charge is -2.29. The zero-order valence-corrected chi connectivity index (χ0v) is 8.67. The van der Waals surface area contributed by atoms with Gasteiger partial charge in [0.15, 0.2) is 6.10 Å². The Morgan fingerprint density at radius 1 is 1.46 bits per heavy atom. The highest BCUT2D eigenvalue weighted by Gasteiger charge is 2.70. The van der Waals surface area contributed by atoms with Crippen LogP contribution >= 0.6 is 20.5 Å². The van der Waals surface area contributed by atoms with E-state index in [1.54, 1.807) is 0 Å². The number of hydrogen-bond acceptors (Lipinski definition) is 6. The molecule has 3 aliphatic rings. The highest BCUT2D eigenvalue weighted by Crippen LogP contribution is 2.73. The van der Waals surface area contributed by atoms with Gasteiger partial charge in [0, 0.05) is 0 Å². The van der Waals surface area contributed by atoms with Gasteiger partial charge in [-0.1, -0.05) is 0 Å². The SMILES string of the molecule is O=P12OC(CCCCS)C(O)(O1)O2. The second kappa shape index (κ2) is 3.22. The minimum atomic E-state index is -3.34. The van der Waals surface area contributed by atoms with E-state index in [-0.39, 0.29) is 0 Å². The Hall–Kier alpha value is 0.420. The molecule has 7 heteroatoms. The maximum absolute atomic E-state index is 11.1.